The first-order valence-electron chi connectivity index (χ1n) is 6.82. The summed E-state index contributed by atoms with van der Waals surface area (Å²) in [5.74, 6) is 0.408. The highest BCUT2D eigenvalue weighted by Crippen LogP contribution is 2.16. The normalized spacial score (nSPS) is 16.2. The van der Waals surface area contributed by atoms with Crippen LogP contribution in [0.15, 0.2) is 0 Å². The lowest BCUT2D eigenvalue weighted by molar-refractivity contribution is 0.00663. The van der Waals surface area contributed by atoms with E-state index in [1.165, 1.54) is 0 Å². The van der Waals surface area contributed by atoms with Crippen LogP contribution in [0.1, 0.15) is 53.9 Å². The van der Waals surface area contributed by atoms with E-state index >= 15 is 0 Å². The van der Waals surface area contributed by atoms with Gasteiger partial charge in [0, 0.05) is 19.7 Å². The van der Waals surface area contributed by atoms with Gasteiger partial charge in [-0.15, -0.1) is 0 Å². The lowest BCUT2D eigenvalue weighted by Gasteiger charge is -2.28. The fourth-order valence-electron chi connectivity index (χ4n) is 2.21. The van der Waals surface area contributed by atoms with E-state index in [9.17, 15) is 5.11 Å². The molecule has 0 aliphatic heterocycles. The van der Waals surface area contributed by atoms with Crippen LogP contribution < -0.4 is 5.32 Å². The second-order valence-electron chi connectivity index (χ2n) is 5.62. The van der Waals surface area contributed by atoms with Crippen LogP contribution >= 0.6 is 0 Å². The molecule has 17 heavy (non-hydrogen) atoms. The summed E-state index contributed by atoms with van der Waals surface area (Å²) in [4.78, 5) is 0. The van der Waals surface area contributed by atoms with Crippen molar-refractivity contribution in [1.29, 1.82) is 0 Å². The van der Waals surface area contributed by atoms with E-state index in [2.05, 4.69) is 39.9 Å². The highest BCUT2D eigenvalue weighted by molar-refractivity contribution is 4.77. The van der Waals surface area contributed by atoms with Gasteiger partial charge in [-0.25, -0.2) is 0 Å². The number of hydrogen-bond donors (Lipinski definition) is 2. The van der Waals surface area contributed by atoms with Crippen LogP contribution in [0.2, 0.25) is 0 Å². The Balaban J connectivity index is 3.95. The van der Waals surface area contributed by atoms with Gasteiger partial charge in [-0.05, 0) is 33.1 Å². The van der Waals surface area contributed by atoms with Crippen molar-refractivity contribution < 1.29 is 9.84 Å². The van der Waals surface area contributed by atoms with Crippen LogP contribution in [0.5, 0.6) is 0 Å². The van der Waals surface area contributed by atoms with Crippen molar-refractivity contribution in [1.82, 2.24) is 5.32 Å². The zero-order valence-electron chi connectivity index (χ0n) is 12.4. The van der Waals surface area contributed by atoms with E-state index in [4.69, 9.17) is 4.74 Å². The molecule has 0 bridgehead atoms. The molecule has 0 rings (SSSR count). The summed E-state index contributed by atoms with van der Waals surface area (Å²) in [6.07, 6.45) is 2.78. The summed E-state index contributed by atoms with van der Waals surface area (Å²) >= 11 is 0. The minimum absolute atomic E-state index is 0.105. The molecule has 0 heterocycles. The molecule has 0 radical (unpaired) electrons. The Morgan fingerprint density at radius 3 is 2.18 bits per heavy atom. The van der Waals surface area contributed by atoms with Gasteiger partial charge in [-0.3, -0.25) is 0 Å². The maximum absolute atomic E-state index is 10.0. The maximum atomic E-state index is 10.0. The van der Waals surface area contributed by atoms with Crippen molar-refractivity contribution in [2.24, 2.45) is 5.92 Å². The van der Waals surface area contributed by atoms with E-state index in [1.54, 1.807) is 7.11 Å². The van der Waals surface area contributed by atoms with Crippen LogP contribution in [0.3, 0.4) is 0 Å². The molecule has 0 aromatic carbocycles. The molecule has 2 N–H and O–H groups in total. The predicted octanol–water partition coefficient (Wildman–Crippen LogP) is 2.58. The predicted molar refractivity (Wildman–Crippen MR) is 73.2 cm³/mol. The standard InChI is InChI=1S/C14H31NO2/c1-7-12(8-2)13(16)10-15-11(3)9-14(4,5)17-6/h11-13,15-16H,7-10H2,1-6H3. The minimum atomic E-state index is -0.238. The molecule has 3 nitrogen and oxygen atoms in total. The fraction of sp³-hybridized carbons (Fsp3) is 1.00. The molecule has 3 heteroatoms. The Morgan fingerprint density at radius 2 is 1.76 bits per heavy atom. The lowest BCUT2D eigenvalue weighted by atomic mass is 9.95. The van der Waals surface area contributed by atoms with Gasteiger partial charge in [0.05, 0.1) is 11.7 Å². The SMILES string of the molecule is CCC(CC)C(O)CNC(C)CC(C)(C)OC. The molecular formula is C14H31NO2. The van der Waals surface area contributed by atoms with Crippen molar-refractivity contribution >= 4 is 0 Å². The third-order valence-corrected chi connectivity index (χ3v) is 3.62. The number of nitrogens with one attached hydrogen (secondary N) is 1. The van der Waals surface area contributed by atoms with Crippen LogP contribution in [0, 0.1) is 5.92 Å². The molecule has 0 aliphatic carbocycles. The molecule has 2 unspecified atom stereocenters. The third-order valence-electron chi connectivity index (χ3n) is 3.62. The zero-order valence-corrected chi connectivity index (χ0v) is 12.4. The molecule has 2 atom stereocenters. The van der Waals surface area contributed by atoms with Gasteiger partial charge in [0.15, 0.2) is 0 Å². The van der Waals surface area contributed by atoms with Crippen molar-refractivity contribution in [2.75, 3.05) is 13.7 Å². The summed E-state index contributed by atoms with van der Waals surface area (Å²) < 4.78 is 5.40. The largest absolute Gasteiger partial charge is 0.392 e. The Hall–Kier alpha value is -0.120. The first kappa shape index (κ1) is 16.9. The van der Waals surface area contributed by atoms with Crippen molar-refractivity contribution in [3.63, 3.8) is 0 Å². The number of aliphatic hydroxyl groups excluding tert-OH is 1. The molecule has 0 fully saturated rings. The van der Waals surface area contributed by atoms with E-state index in [0.29, 0.717) is 18.5 Å². The van der Waals surface area contributed by atoms with E-state index < -0.39 is 0 Å². The van der Waals surface area contributed by atoms with Crippen molar-refractivity contribution in [2.45, 2.75) is 71.6 Å². The second-order valence-corrected chi connectivity index (χ2v) is 5.62. The minimum Gasteiger partial charge on any atom is -0.392 e. The molecular weight excluding hydrogens is 214 g/mol. The van der Waals surface area contributed by atoms with Crippen LogP contribution in [-0.2, 0) is 4.74 Å². The zero-order chi connectivity index (χ0) is 13.5. The van der Waals surface area contributed by atoms with Crippen molar-refractivity contribution in [3.8, 4) is 0 Å². The van der Waals surface area contributed by atoms with E-state index in [-0.39, 0.29) is 11.7 Å². The molecule has 0 aliphatic rings. The quantitative estimate of drug-likeness (QED) is 0.656. The Morgan fingerprint density at radius 1 is 1.24 bits per heavy atom. The molecule has 0 spiro atoms. The Bertz CT molecular complexity index is 191. The van der Waals surface area contributed by atoms with Gasteiger partial charge < -0.3 is 15.2 Å². The summed E-state index contributed by atoms with van der Waals surface area (Å²) in [7, 11) is 1.74. The maximum Gasteiger partial charge on any atom is 0.0692 e. The number of ether oxygens (including phenoxy) is 1. The molecule has 0 aromatic heterocycles. The first-order valence-corrected chi connectivity index (χ1v) is 6.82. The third kappa shape index (κ3) is 7.02. The summed E-state index contributed by atoms with van der Waals surface area (Å²) in [5.41, 5.74) is -0.105. The van der Waals surface area contributed by atoms with Gasteiger partial charge in [0.25, 0.3) is 0 Å². The van der Waals surface area contributed by atoms with Crippen molar-refractivity contribution in [3.05, 3.63) is 0 Å². The van der Waals surface area contributed by atoms with E-state index in [0.717, 1.165) is 19.3 Å². The number of aliphatic hydroxyl groups is 1. The van der Waals surface area contributed by atoms with Gasteiger partial charge >= 0.3 is 0 Å². The monoisotopic (exact) mass is 245 g/mol. The van der Waals surface area contributed by atoms with Crippen LogP contribution in [0.25, 0.3) is 0 Å². The molecule has 0 saturated carbocycles. The van der Waals surface area contributed by atoms with Gasteiger partial charge in [-0.1, -0.05) is 26.7 Å². The number of hydrogen-bond acceptors (Lipinski definition) is 3. The lowest BCUT2D eigenvalue weighted by Crippen LogP contribution is -2.41. The van der Waals surface area contributed by atoms with Gasteiger partial charge in [-0.2, -0.15) is 0 Å². The topological polar surface area (TPSA) is 41.5 Å². The molecule has 104 valence electrons. The highest BCUT2D eigenvalue weighted by atomic mass is 16.5. The summed E-state index contributed by atoms with van der Waals surface area (Å²) in [6.45, 7) is 11.3. The summed E-state index contributed by atoms with van der Waals surface area (Å²) in [5, 5.41) is 13.4. The molecule has 0 aromatic rings. The Labute approximate surface area is 107 Å². The first-order chi connectivity index (χ1) is 7.86. The smallest absolute Gasteiger partial charge is 0.0692 e. The van der Waals surface area contributed by atoms with Gasteiger partial charge in [0.2, 0.25) is 0 Å². The Kier molecular flexibility index (Phi) is 8.01. The number of methoxy groups -OCH3 is 1. The summed E-state index contributed by atoms with van der Waals surface area (Å²) in [6, 6.07) is 0.356. The van der Waals surface area contributed by atoms with Crippen LogP contribution in [0.4, 0.5) is 0 Å². The molecule has 0 saturated heterocycles. The average Bonchev–Trinajstić information content (AvgIpc) is 2.27. The second kappa shape index (κ2) is 8.06. The fourth-order valence-corrected chi connectivity index (χ4v) is 2.21. The number of rotatable bonds is 9. The average molecular weight is 245 g/mol. The van der Waals surface area contributed by atoms with Gasteiger partial charge in [0.1, 0.15) is 0 Å². The molecule has 0 amide bonds. The van der Waals surface area contributed by atoms with Crippen LogP contribution in [-0.4, -0.2) is 36.5 Å². The highest BCUT2D eigenvalue weighted by Gasteiger charge is 2.21. The van der Waals surface area contributed by atoms with E-state index in [1.807, 2.05) is 0 Å².